The summed E-state index contributed by atoms with van der Waals surface area (Å²) in [6.07, 6.45) is 0. The van der Waals surface area contributed by atoms with Crippen molar-refractivity contribution >= 4 is 17.3 Å². The average Bonchev–Trinajstić information content (AvgIpc) is 3.14. The van der Waals surface area contributed by atoms with Crippen LogP contribution in [0.4, 0.5) is 0 Å². The lowest BCUT2D eigenvalue weighted by Crippen LogP contribution is -2.36. The molecule has 2 aromatic rings. The first-order valence-corrected chi connectivity index (χ1v) is 10.7. The lowest BCUT2D eigenvalue weighted by Gasteiger charge is -2.14. The highest BCUT2D eigenvalue weighted by atomic mass is 32.1. The van der Waals surface area contributed by atoms with Crippen LogP contribution in [0.25, 0.3) is 0 Å². The monoisotopic (exact) mass is 403 g/mol. The summed E-state index contributed by atoms with van der Waals surface area (Å²) < 4.78 is 5.93. The second-order valence-corrected chi connectivity index (χ2v) is 8.07. The normalized spacial score (nSPS) is 11.9. The molecule has 154 valence electrons. The number of aliphatic imine (C=N–C) groups is 1. The molecule has 0 spiro atoms. The van der Waals surface area contributed by atoms with Gasteiger partial charge in [-0.25, -0.2) is 9.98 Å². The van der Waals surface area contributed by atoms with Gasteiger partial charge in [0.25, 0.3) is 0 Å². The molecule has 0 bridgehead atoms. The van der Waals surface area contributed by atoms with Crippen molar-refractivity contribution in [3.05, 3.63) is 45.9 Å². The topological polar surface area (TPSA) is 61.8 Å². The van der Waals surface area contributed by atoms with Gasteiger partial charge in [-0.1, -0.05) is 32.0 Å². The lowest BCUT2D eigenvalue weighted by atomic mass is 10.2. The van der Waals surface area contributed by atoms with Gasteiger partial charge in [0.2, 0.25) is 0 Å². The van der Waals surface area contributed by atoms with Crippen molar-refractivity contribution < 1.29 is 4.74 Å². The molecule has 1 aromatic carbocycles. The maximum absolute atomic E-state index is 5.93. The predicted octanol–water partition coefficient (Wildman–Crippen LogP) is 3.46. The number of ether oxygens (including phenoxy) is 1. The van der Waals surface area contributed by atoms with E-state index >= 15 is 0 Å². The molecule has 0 aliphatic rings. The summed E-state index contributed by atoms with van der Waals surface area (Å²) in [4.78, 5) is 11.5. The summed E-state index contributed by atoms with van der Waals surface area (Å²) in [5, 5.41) is 9.88. The Morgan fingerprint density at radius 3 is 2.71 bits per heavy atom. The number of thiazole rings is 1. The number of nitrogens with one attached hydrogen (secondary N) is 2. The molecular formula is C21H33N5OS. The van der Waals surface area contributed by atoms with Crippen LogP contribution in [0, 0.1) is 0 Å². The third-order valence-corrected chi connectivity index (χ3v) is 4.96. The van der Waals surface area contributed by atoms with Crippen LogP contribution in [-0.4, -0.2) is 49.6 Å². The Hall–Kier alpha value is -2.12. The molecule has 0 amide bonds. The fourth-order valence-electron chi connectivity index (χ4n) is 2.45. The molecule has 0 fully saturated rings. The van der Waals surface area contributed by atoms with Crippen LogP contribution in [0.1, 0.15) is 43.0 Å². The van der Waals surface area contributed by atoms with E-state index in [2.05, 4.69) is 52.7 Å². The van der Waals surface area contributed by atoms with Gasteiger partial charge in [0.15, 0.2) is 5.96 Å². The van der Waals surface area contributed by atoms with Gasteiger partial charge in [0.05, 0.1) is 18.8 Å². The third kappa shape index (κ3) is 7.48. The third-order valence-electron chi connectivity index (χ3n) is 4.09. The summed E-state index contributed by atoms with van der Waals surface area (Å²) in [5.41, 5.74) is 2.22. The number of aromatic nitrogens is 1. The number of hydrogen-bond donors (Lipinski definition) is 2. The molecule has 0 atom stereocenters. The molecule has 0 saturated heterocycles. The first-order valence-electron chi connectivity index (χ1n) is 9.81. The number of para-hydroxylation sites is 1. The first-order chi connectivity index (χ1) is 13.5. The Morgan fingerprint density at radius 1 is 1.25 bits per heavy atom. The van der Waals surface area contributed by atoms with E-state index in [-0.39, 0.29) is 0 Å². The molecule has 0 unspecified atom stereocenters. The zero-order valence-corrected chi connectivity index (χ0v) is 18.5. The van der Waals surface area contributed by atoms with Gasteiger partial charge in [-0.05, 0) is 33.0 Å². The summed E-state index contributed by atoms with van der Waals surface area (Å²) in [6, 6.07) is 8.08. The SMILES string of the molecule is CCNC(=NCc1ccccc1OCCN(C)C)NCc1nc(C(C)C)cs1. The molecule has 28 heavy (non-hydrogen) atoms. The summed E-state index contributed by atoms with van der Waals surface area (Å²) in [7, 11) is 4.08. The number of rotatable bonds is 10. The van der Waals surface area contributed by atoms with Crippen LogP contribution < -0.4 is 15.4 Å². The maximum atomic E-state index is 5.93. The predicted molar refractivity (Wildman–Crippen MR) is 118 cm³/mol. The largest absolute Gasteiger partial charge is 0.492 e. The molecule has 6 nitrogen and oxygen atoms in total. The Kier molecular flexibility index (Phi) is 9.23. The highest BCUT2D eigenvalue weighted by Gasteiger charge is 2.07. The fraction of sp³-hybridized carbons (Fsp3) is 0.524. The van der Waals surface area contributed by atoms with Crippen LogP contribution in [0.15, 0.2) is 34.6 Å². The van der Waals surface area contributed by atoms with Crippen molar-refractivity contribution in [3.8, 4) is 5.75 Å². The molecule has 2 rings (SSSR count). The minimum absolute atomic E-state index is 0.455. The number of guanidine groups is 1. The van der Waals surface area contributed by atoms with Crippen molar-refractivity contribution in [2.45, 2.75) is 39.8 Å². The minimum atomic E-state index is 0.455. The van der Waals surface area contributed by atoms with Gasteiger partial charge in [-0.15, -0.1) is 11.3 Å². The molecule has 0 aliphatic carbocycles. The van der Waals surface area contributed by atoms with Crippen LogP contribution in [0.3, 0.4) is 0 Å². The summed E-state index contributed by atoms with van der Waals surface area (Å²) in [5.74, 6) is 2.13. The Bertz CT molecular complexity index is 742. The molecule has 2 N–H and O–H groups in total. The zero-order chi connectivity index (χ0) is 20.4. The summed E-state index contributed by atoms with van der Waals surface area (Å²) >= 11 is 1.69. The van der Waals surface area contributed by atoms with Gasteiger partial charge in [-0.3, -0.25) is 0 Å². The van der Waals surface area contributed by atoms with Gasteiger partial charge >= 0.3 is 0 Å². The van der Waals surface area contributed by atoms with Gasteiger partial charge in [0.1, 0.15) is 17.4 Å². The molecule has 1 aromatic heterocycles. The zero-order valence-electron chi connectivity index (χ0n) is 17.7. The fourth-order valence-corrected chi connectivity index (χ4v) is 3.35. The molecule has 0 aliphatic heterocycles. The molecule has 1 heterocycles. The van der Waals surface area contributed by atoms with E-state index in [0.717, 1.165) is 41.1 Å². The Labute approximate surface area is 173 Å². The smallest absolute Gasteiger partial charge is 0.191 e. The van der Waals surface area contributed by atoms with Gasteiger partial charge in [-0.2, -0.15) is 0 Å². The van der Waals surface area contributed by atoms with Crippen molar-refractivity contribution in [2.75, 3.05) is 33.8 Å². The van der Waals surface area contributed by atoms with Crippen LogP contribution in [0.5, 0.6) is 5.75 Å². The highest BCUT2D eigenvalue weighted by molar-refractivity contribution is 7.09. The quantitative estimate of drug-likeness (QED) is 0.470. The van der Waals surface area contributed by atoms with Crippen LogP contribution in [0.2, 0.25) is 0 Å². The molecule has 0 saturated carbocycles. The van der Waals surface area contributed by atoms with Crippen molar-refractivity contribution in [3.63, 3.8) is 0 Å². The lowest BCUT2D eigenvalue weighted by molar-refractivity contribution is 0.259. The van der Waals surface area contributed by atoms with E-state index in [4.69, 9.17) is 9.73 Å². The van der Waals surface area contributed by atoms with Crippen LogP contribution in [-0.2, 0) is 13.1 Å². The second-order valence-electron chi connectivity index (χ2n) is 7.13. The molecule has 7 heteroatoms. The average molecular weight is 404 g/mol. The highest BCUT2D eigenvalue weighted by Crippen LogP contribution is 2.19. The van der Waals surface area contributed by atoms with Gasteiger partial charge in [0, 0.05) is 24.0 Å². The van der Waals surface area contributed by atoms with E-state index in [1.165, 1.54) is 0 Å². The molecular weight excluding hydrogens is 370 g/mol. The maximum Gasteiger partial charge on any atom is 0.191 e. The van der Waals surface area contributed by atoms with Crippen LogP contribution >= 0.6 is 11.3 Å². The van der Waals surface area contributed by atoms with Gasteiger partial charge < -0.3 is 20.3 Å². The van der Waals surface area contributed by atoms with E-state index in [1.807, 2.05) is 32.3 Å². The summed E-state index contributed by atoms with van der Waals surface area (Å²) in [6.45, 7) is 9.97. The Morgan fingerprint density at radius 2 is 2.04 bits per heavy atom. The standard InChI is InChI=1S/C21H33N5OS/c1-6-22-21(24-14-20-25-18(15-28-20)16(2)3)23-13-17-9-7-8-10-19(17)27-12-11-26(4)5/h7-10,15-16H,6,11-14H2,1-5H3,(H2,22,23,24). The van der Waals surface area contributed by atoms with Crippen molar-refractivity contribution in [1.29, 1.82) is 0 Å². The van der Waals surface area contributed by atoms with Crippen molar-refractivity contribution in [2.24, 2.45) is 4.99 Å². The van der Waals surface area contributed by atoms with E-state index < -0.39 is 0 Å². The van der Waals surface area contributed by atoms with E-state index in [9.17, 15) is 0 Å². The number of benzene rings is 1. The second kappa shape index (κ2) is 11.7. The minimum Gasteiger partial charge on any atom is -0.492 e. The van der Waals surface area contributed by atoms with E-state index in [0.29, 0.717) is 25.6 Å². The number of likely N-dealkylation sites (N-methyl/N-ethyl adjacent to an activating group) is 1. The molecule has 0 radical (unpaired) electrons. The van der Waals surface area contributed by atoms with Crippen molar-refractivity contribution in [1.82, 2.24) is 20.5 Å². The Balaban J connectivity index is 1.97. The number of nitrogens with zero attached hydrogens (tertiary/aromatic N) is 3. The number of hydrogen-bond acceptors (Lipinski definition) is 5. The first kappa shape index (κ1) is 22.2. The van der Waals surface area contributed by atoms with E-state index in [1.54, 1.807) is 11.3 Å².